The van der Waals surface area contributed by atoms with Gasteiger partial charge >= 0.3 is 0 Å². The Hall–Kier alpha value is -3.08. The first kappa shape index (κ1) is 29.9. The zero-order chi connectivity index (χ0) is 28.9. The van der Waals surface area contributed by atoms with Crippen LogP contribution in [0.25, 0.3) is 5.69 Å². The van der Waals surface area contributed by atoms with Gasteiger partial charge in [-0.3, -0.25) is 14.4 Å². The second-order valence-corrected chi connectivity index (χ2v) is 12.2. The maximum atomic E-state index is 13.3. The van der Waals surface area contributed by atoms with Gasteiger partial charge in [0.2, 0.25) is 0 Å². The quantitative estimate of drug-likeness (QED) is 0.185. The number of amides is 1. The van der Waals surface area contributed by atoms with Gasteiger partial charge in [0.1, 0.15) is 5.78 Å². The summed E-state index contributed by atoms with van der Waals surface area (Å²) in [6.07, 6.45) is 8.48. The van der Waals surface area contributed by atoms with Crippen LogP contribution in [0.1, 0.15) is 110 Å². The van der Waals surface area contributed by atoms with Crippen molar-refractivity contribution in [2.45, 2.75) is 103 Å². The van der Waals surface area contributed by atoms with Crippen molar-refractivity contribution >= 4 is 23.2 Å². The van der Waals surface area contributed by atoms with E-state index in [0.717, 1.165) is 61.2 Å². The maximum Gasteiger partial charge on any atom is 0.250 e. The fourth-order valence-corrected chi connectivity index (χ4v) is 6.00. The molecule has 10 nitrogen and oxygen atoms in total. The Balaban J connectivity index is 1.57. The fraction of sp³-hybridized carbons (Fsp3) is 0.600. The molecule has 218 valence electrons. The SMILES string of the molecule is CC1(C)CC(=O)c2c(CCCCCCC(=O)CNO)nn(-c3ccc(C(N)=O)c(NC4CCC(O)CC4)c3)c2C1. The van der Waals surface area contributed by atoms with Gasteiger partial charge in [0, 0.05) is 24.6 Å². The van der Waals surface area contributed by atoms with Crippen molar-refractivity contribution in [1.82, 2.24) is 15.3 Å². The number of unbranched alkanes of at least 4 members (excludes halogenated alkanes) is 3. The highest BCUT2D eigenvalue weighted by Crippen LogP contribution is 2.38. The second kappa shape index (κ2) is 13.1. The first-order valence-corrected chi connectivity index (χ1v) is 14.5. The van der Waals surface area contributed by atoms with Gasteiger partial charge in [0.25, 0.3) is 5.91 Å². The van der Waals surface area contributed by atoms with Gasteiger partial charge in [-0.05, 0) is 75.0 Å². The normalized spacial score (nSPS) is 20.2. The molecule has 0 aliphatic heterocycles. The summed E-state index contributed by atoms with van der Waals surface area (Å²) in [5, 5.41) is 27.0. The molecule has 2 aliphatic carbocycles. The molecule has 1 fully saturated rings. The molecule has 0 unspecified atom stereocenters. The van der Waals surface area contributed by atoms with E-state index >= 15 is 0 Å². The van der Waals surface area contributed by atoms with Crippen LogP contribution in [-0.4, -0.2) is 56.3 Å². The van der Waals surface area contributed by atoms with Gasteiger partial charge in [-0.1, -0.05) is 26.7 Å². The van der Waals surface area contributed by atoms with Crippen LogP contribution < -0.4 is 16.5 Å². The van der Waals surface area contributed by atoms with Crippen LogP contribution >= 0.6 is 0 Å². The summed E-state index contributed by atoms with van der Waals surface area (Å²) in [5.74, 6) is -0.415. The Kier molecular flexibility index (Phi) is 9.76. The highest BCUT2D eigenvalue weighted by atomic mass is 16.5. The number of aryl methyl sites for hydroxylation is 1. The molecule has 4 rings (SSSR count). The molecule has 0 spiro atoms. The Labute approximate surface area is 235 Å². The highest BCUT2D eigenvalue weighted by molar-refractivity contribution is 6.00. The minimum absolute atomic E-state index is 0.0131. The van der Waals surface area contributed by atoms with Crippen LogP contribution in [0, 0.1) is 5.41 Å². The number of hydrogen-bond acceptors (Lipinski definition) is 8. The van der Waals surface area contributed by atoms with Crippen molar-refractivity contribution in [1.29, 1.82) is 0 Å². The monoisotopic (exact) mass is 553 g/mol. The number of carbonyl (C=O) groups excluding carboxylic acids is 3. The van der Waals surface area contributed by atoms with Crippen LogP contribution in [-0.2, 0) is 17.6 Å². The molecule has 0 saturated heterocycles. The summed E-state index contributed by atoms with van der Waals surface area (Å²) < 4.78 is 1.87. The number of rotatable bonds is 13. The van der Waals surface area contributed by atoms with Crippen molar-refractivity contribution in [3.8, 4) is 5.69 Å². The second-order valence-electron chi connectivity index (χ2n) is 12.2. The number of ketones is 2. The third-order valence-corrected chi connectivity index (χ3v) is 8.08. The average molecular weight is 554 g/mol. The number of hydrogen-bond donors (Lipinski definition) is 5. The lowest BCUT2D eigenvalue weighted by Gasteiger charge is -2.29. The fourth-order valence-electron chi connectivity index (χ4n) is 6.00. The van der Waals surface area contributed by atoms with E-state index in [-0.39, 0.29) is 35.7 Å². The standard InChI is InChI=1S/C30H43N5O5/c1-30(2)16-26-28(27(38)17-30)24(8-6-4-3-5-7-22(37)18-32-40)34-35(26)20-11-14-23(29(31)39)25(15-20)33-19-9-12-21(36)13-10-19/h11,14-15,19,21,32-33,36,40H,3-10,12-13,16-18H2,1-2H3,(H2,31,39). The topological polar surface area (TPSA) is 160 Å². The molecule has 2 aliphatic rings. The molecule has 10 heteroatoms. The number of nitrogens with zero attached hydrogens (tertiary/aromatic N) is 2. The van der Waals surface area contributed by atoms with E-state index in [4.69, 9.17) is 16.0 Å². The van der Waals surface area contributed by atoms with Crippen molar-refractivity contribution in [3.63, 3.8) is 0 Å². The number of fused-ring (bicyclic) bond motifs is 1. The molecular formula is C30H43N5O5. The number of aliphatic hydroxyl groups excluding tert-OH is 1. The lowest BCUT2D eigenvalue weighted by molar-refractivity contribution is -0.119. The number of Topliss-reactive ketones (excluding diaryl/α,β-unsaturated/α-hetero) is 2. The Morgan fingerprint density at radius 2 is 1.82 bits per heavy atom. The predicted octanol–water partition coefficient (Wildman–Crippen LogP) is 3.88. The van der Waals surface area contributed by atoms with Gasteiger partial charge in [0.15, 0.2) is 5.78 Å². The van der Waals surface area contributed by atoms with Gasteiger partial charge in [0.05, 0.1) is 40.9 Å². The molecular weight excluding hydrogens is 510 g/mol. The number of nitrogens with two attached hydrogens (primary N) is 1. The summed E-state index contributed by atoms with van der Waals surface area (Å²) in [6, 6.07) is 5.58. The minimum atomic E-state index is -0.515. The van der Waals surface area contributed by atoms with Crippen LogP contribution in [0.3, 0.4) is 0 Å². The number of nitrogens with one attached hydrogen (secondary N) is 2. The van der Waals surface area contributed by atoms with Crippen molar-refractivity contribution in [3.05, 3.63) is 40.7 Å². The van der Waals surface area contributed by atoms with E-state index in [9.17, 15) is 19.5 Å². The van der Waals surface area contributed by atoms with E-state index in [0.29, 0.717) is 49.8 Å². The number of hydroxylamine groups is 1. The van der Waals surface area contributed by atoms with E-state index < -0.39 is 5.91 Å². The molecule has 1 aromatic carbocycles. The zero-order valence-corrected chi connectivity index (χ0v) is 23.7. The van der Waals surface area contributed by atoms with E-state index in [1.54, 1.807) is 6.07 Å². The summed E-state index contributed by atoms with van der Waals surface area (Å²) in [6.45, 7) is 4.17. The lowest BCUT2D eigenvalue weighted by atomic mass is 9.75. The number of primary amides is 1. The largest absolute Gasteiger partial charge is 0.393 e. The van der Waals surface area contributed by atoms with Crippen LogP contribution in [0.4, 0.5) is 5.69 Å². The van der Waals surface area contributed by atoms with Gasteiger partial charge < -0.3 is 21.4 Å². The average Bonchev–Trinajstić information content (AvgIpc) is 3.25. The van der Waals surface area contributed by atoms with E-state index in [2.05, 4.69) is 19.2 Å². The van der Waals surface area contributed by atoms with Crippen molar-refractivity contribution in [2.24, 2.45) is 11.1 Å². The zero-order valence-electron chi connectivity index (χ0n) is 23.7. The molecule has 6 N–H and O–H groups in total. The number of anilines is 1. The molecule has 1 saturated carbocycles. The predicted molar refractivity (Wildman–Crippen MR) is 152 cm³/mol. The molecule has 40 heavy (non-hydrogen) atoms. The maximum absolute atomic E-state index is 13.3. The number of benzene rings is 1. The third-order valence-electron chi connectivity index (χ3n) is 8.08. The third kappa shape index (κ3) is 7.35. The molecule has 1 amide bonds. The van der Waals surface area contributed by atoms with Gasteiger partial charge in [-0.25, -0.2) is 4.68 Å². The van der Waals surface area contributed by atoms with Gasteiger partial charge in [-0.15, -0.1) is 0 Å². The Morgan fingerprint density at radius 1 is 1.10 bits per heavy atom. The van der Waals surface area contributed by atoms with E-state index in [1.165, 1.54) is 0 Å². The van der Waals surface area contributed by atoms with Crippen LogP contribution in [0.5, 0.6) is 0 Å². The molecule has 1 aromatic heterocycles. The van der Waals surface area contributed by atoms with Crippen molar-refractivity contribution in [2.75, 3.05) is 11.9 Å². The molecule has 0 atom stereocenters. The molecule has 0 bridgehead atoms. The molecule has 2 aromatic rings. The minimum Gasteiger partial charge on any atom is -0.393 e. The Morgan fingerprint density at radius 3 is 2.52 bits per heavy atom. The summed E-state index contributed by atoms with van der Waals surface area (Å²) in [7, 11) is 0. The smallest absolute Gasteiger partial charge is 0.250 e. The van der Waals surface area contributed by atoms with E-state index in [1.807, 2.05) is 22.3 Å². The summed E-state index contributed by atoms with van der Waals surface area (Å²) in [5.41, 5.74) is 11.6. The molecule has 1 heterocycles. The lowest BCUT2D eigenvalue weighted by Crippen LogP contribution is -2.29. The van der Waals surface area contributed by atoms with Crippen LogP contribution in [0.2, 0.25) is 0 Å². The Bertz CT molecular complexity index is 1230. The van der Waals surface area contributed by atoms with Crippen LogP contribution in [0.15, 0.2) is 18.2 Å². The number of aliphatic hydroxyl groups is 1. The summed E-state index contributed by atoms with van der Waals surface area (Å²) in [4.78, 5) is 37.1. The first-order chi connectivity index (χ1) is 19.1. The number of aromatic nitrogens is 2. The first-order valence-electron chi connectivity index (χ1n) is 14.5. The van der Waals surface area contributed by atoms with Gasteiger partial charge in [-0.2, -0.15) is 10.6 Å². The molecule has 0 radical (unpaired) electrons. The highest BCUT2D eigenvalue weighted by Gasteiger charge is 2.36. The van der Waals surface area contributed by atoms with Crippen molar-refractivity contribution < 1.29 is 24.7 Å². The number of carbonyl (C=O) groups is 3. The summed E-state index contributed by atoms with van der Waals surface area (Å²) >= 11 is 0.